The van der Waals surface area contributed by atoms with Crippen LogP contribution >= 0.6 is 0 Å². The summed E-state index contributed by atoms with van der Waals surface area (Å²) in [6, 6.07) is -0.155. The van der Waals surface area contributed by atoms with Gasteiger partial charge in [0.1, 0.15) is 0 Å². The van der Waals surface area contributed by atoms with Crippen molar-refractivity contribution in [3.8, 4) is 0 Å². The van der Waals surface area contributed by atoms with Crippen molar-refractivity contribution in [1.82, 2.24) is 10.2 Å². The summed E-state index contributed by atoms with van der Waals surface area (Å²) in [5, 5.41) is 11.7. The van der Waals surface area contributed by atoms with E-state index in [1.54, 1.807) is 11.8 Å². The smallest absolute Gasteiger partial charge is 0.317 e. The quantitative estimate of drug-likeness (QED) is 0.626. The van der Waals surface area contributed by atoms with Gasteiger partial charge in [0, 0.05) is 26.2 Å². The van der Waals surface area contributed by atoms with Gasteiger partial charge in [-0.25, -0.2) is 4.79 Å². The van der Waals surface area contributed by atoms with E-state index in [0.717, 1.165) is 0 Å². The molecule has 0 atom stereocenters. The van der Waals surface area contributed by atoms with Gasteiger partial charge >= 0.3 is 12.0 Å². The third-order valence-corrected chi connectivity index (χ3v) is 3.09. The summed E-state index contributed by atoms with van der Waals surface area (Å²) in [5.74, 6) is -0.783. The van der Waals surface area contributed by atoms with E-state index in [1.807, 2.05) is 0 Å². The minimum atomic E-state index is -0.783. The lowest BCUT2D eigenvalue weighted by Gasteiger charge is -2.36. The van der Waals surface area contributed by atoms with Gasteiger partial charge in [-0.05, 0) is 19.8 Å². The SMILES string of the molecule is CC1(C(=O)O)CCN(C(=O)NCCN)CC1. The molecule has 16 heavy (non-hydrogen) atoms. The second-order valence-electron chi connectivity index (χ2n) is 4.37. The van der Waals surface area contributed by atoms with Crippen molar-refractivity contribution in [2.75, 3.05) is 26.2 Å². The lowest BCUT2D eigenvalue weighted by Crippen LogP contribution is -2.49. The minimum Gasteiger partial charge on any atom is -0.481 e. The number of urea groups is 1. The van der Waals surface area contributed by atoms with Gasteiger partial charge in [0.2, 0.25) is 0 Å². The average Bonchev–Trinajstić information content (AvgIpc) is 2.26. The van der Waals surface area contributed by atoms with Crippen LogP contribution in [0.1, 0.15) is 19.8 Å². The number of nitrogens with one attached hydrogen (secondary N) is 1. The number of hydrogen-bond donors (Lipinski definition) is 3. The highest BCUT2D eigenvalue weighted by Gasteiger charge is 2.37. The number of likely N-dealkylation sites (tertiary alicyclic amines) is 1. The Morgan fingerprint density at radius 3 is 2.44 bits per heavy atom. The van der Waals surface area contributed by atoms with Crippen LogP contribution in [-0.2, 0) is 4.79 Å². The Morgan fingerprint density at radius 1 is 1.44 bits per heavy atom. The summed E-state index contributed by atoms with van der Waals surface area (Å²) < 4.78 is 0. The normalized spacial score (nSPS) is 19.2. The van der Waals surface area contributed by atoms with Crippen LogP contribution in [0, 0.1) is 5.41 Å². The van der Waals surface area contributed by atoms with E-state index in [-0.39, 0.29) is 6.03 Å². The summed E-state index contributed by atoms with van der Waals surface area (Å²) in [6.07, 6.45) is 0.997. The molecule has 1 saturated heterocycles. The molecule has 6 heteroatoms. The molecule has 0 bridgehead atoms. The van der Waals surface area contributed by atoms with E-state index >= 15 is 0 Å². The molecule has 0 aromatic carbocycles. The number of nitrogens with two attached hydrogens (primary N) is 1. The zero-order valence-corrected chi connectivity index (χ0v) is 9.53. The van der Waals surface area contributed by atoms with E-state index in [1.165, 1.54) is 0 Å². The van der Waals surface area contributed by atoms with Crippen LogP contribution in [0.4, 0.5) is 4.79 Å². The number of carboxylic acid groups (broad SMARTS) is 1. The number of amides is 2. The number of piperidine rings is 1. The van der Waals surface area contributed by atoms with Crippen LogP contribution in [0.5, 0.6) is 0 Å². The molecule has 2 amide bonds. The van der Waals surface area contributed by atoms with Crippen LogP contribution in [0.25, 0.3) is 0 Å². The number of carboxylic acids is 1. The maximum Gasteiger partial charge on any atom is 0.317 e. The fourth-order valence-corrected chi connectivity index (χ4v) is 1.71. The van der Waals surface area contributed by atoms with Crippen LogP contribution in [0.15, 0.2) is 0 Å². The van der Waals surface area contributed by atoms with Crippen molar-refractivity contribution in [1.29, 1.82) is 0 Å². The highest BCUT2D eigenvalue weighted by molar-refractivity contribution is 5.76. The number of carbonyl (C=O) groups excluding carboxylic acids is 1. The predicted molar refractivity (Wildman–Crippen MR) is 59.0 cm³/mol. The molecule has 1 heterocycles. The molecule has 0 saturated carbocycles. The lowest BCUT2D eigenvalue weighted by molar-refractivity contribution is -0.150. The predicted octanol–water partition coefficient (Wildman–Crippen LogP) is -0.159. The molecule has 92 valence electrons. The summed E-state index contributed by atoms with van der Waals surface area (Å²) in [5.41, 5.74) is 4.59. The highest BCUT2D eigenvalue weighted by atomic mass is 16.4. The van der Waals surface area contributed by atoms with E-state index in [0.29, 0.717) is 39.0 Å². The van der Waals surface area contributed by atoms with Crippen LogP contribution in [-0.4, -0.2) is 48.2 Å². The Bertz CT molecular complexity index is 272. The second kappa shape index (κ2) is 5.16. The number of aliphatic carboxylic acids is 1. The van der Waals surface area contributed by atoms with Gasteiger partial charge in [0.15, 0.2) is 0 Å². The van der Waals surface area contributed by atoms with Gasteiger partial charge in [-0.1, -0.05) is 0 Å². The van der Waals surface area contributed by atoms with Crippen molar-refractivity contribution >= 4 is 12.0 Å². The van der Waals surface area contributed by atoms with Gasteiger partial charge in [-0.2, -0.15) is 0 Å². The lowest BCUT2D eigenvalue weighted by atomic mass is 9.80. The molecule has 0 aromatic rings. The number of rotatable bonds is 3. The highest BCUT2D eigenvalue weighted by Crippen LogP contribution is 2.30. The van der Waals surface area contributed by atoms with E-state index in [4.69, 9.17) is 10.8 Å². The van der Waals surface area contributed by atoms with Gasteiger partial charge in [-0.15, -0.1) is 0 Å². The van der Waals surface area contributed by atoms with Crippen molar-refractivity contribution in [2.45, 2.75) is 19.8 Å². The van der Waals surface area contributed by atoms with Crippen LogP contribution in [0.2, 0.25) is 0 Å². The molecular formula is C10H19N3O3. The monoisotopic (exact) mass is 229 g/mol. The van der Waals surface area contributed by atoms with Crippen molar-refractivity contribution in [3.05, 3.63) is 0 Å². The standard InChI is InChI=1S/C10H19N3O3/c1-10(8(14)15)2-6-13(7-3-10)9(16)12-5-4-11/h2-7,11H2,1H3,(H,12,16)(H,14,15). The molecule has 1 aliphatic rings. The number of nitrogens with zero attached hydrogens (tertiary/aromatic N) is 1. The Balaban J connectivity index is 2.42. The van der Waals surface area contributed by atoms with E-state index in [9.17, 15) is 9.59 Å². The average molecular weight is 229 g/mol. The largest absolute Gasteiger partial charge is 0.481 e. The fourth-order valence-electron chi connectivity index (χ4n) is 1.71. The molecular weight excluding hydrogens is 210 g/mol. The Hall–Kier alpha value is -1.30. The molecule has 0 aliphatic carbocycles. The number of hydrogen-bond acceptors (Lipinski definition) is 3. The first kappa shape index (κ1) is 12.8. The van der Waals surface area contributed by atoms with Gasteiger partial charge in [0.05, 0.1) is 5.41 Å². The number of carbonyl (C=O) groups is 2. The zero-order chi connectivity index (χ0) is 12.2. The molecule has 0 spiro atoms. The third kappa shape index (κ3) is 2.85. The van der Waals surface area contributed by atoms with Gasteiger partial charge in [0.25, 0.3) is 0 Å². The third-order valence-electron chi connectivity index (χ3n) is 3.09. The molecule has 0 radical (unpaired) electrons. The first-order valence-electron chi connectivity index (χ1n) is 5.46. The van der Waals surface area contributed by atoms with Gasteiger partial charge in [-0.3, -0.25) is 4.79 Å². The summed E-state index contributed by atoms with van der Waals surface area (Å²) in [6.45, 7) is 3.56. The van der Waals surface area contributed by atoms with Crippen molar-refractivity contribution in [2.24, 2.45) is 11.1 Å². The molecule has 0 aromatic heterocycles. The van der Waals surface area contributed by atoms with Gasteiger partial charge < -0.3 is 21.1 Å². The van der Waals surface area contributed by atoms with E-state index < -0.39 is 11.4 Å². The molecule has 0 unspecified atom stereocenters. The molecule has 4 N–H and O–H groups in total. The first-order valence-corrected chi connectivity index (χ1v) is 5.46. The minimum absolute atomic E-state index is 0.155. The van der Waals surface area contributed by atoms with Crippen molar-refractivity contribution < 1.29 is 14.7 Å². The topological polar surface area (TPSA) is 95.7 Å². The Kier molecular flexibility index (Phi) is 4.12. The maximum absolute atomic E-state index is 11.5. The summed E-state index contributed by atoms with van der Waals surface area (Å²) in [7, 11) is 0. The summed E-state index contributed by atoms with van der Waals surface area (Å²) in [4.78, 5) is 24.2. The fraction of sp³-hybridized carbons (Fsp3) is 0.800. The maximum atomic E-state index is 11.5. The Morgan fingerprint density at radius 2 is 2.00 bits per heavy atom. The molecule has 1 aliphatic heterocycles. The Labute approximate surface area is 94.8 Å². The van der Waals surface area contributed by atoms with Crippen LogP contribution in [0.3, 0.4) is 0 Å². The van der Waals surface area contributed by atoms with E-state index in [2.05, 4.69) is 5.32 Å². The molecule has 1 fully saturated rings. The van der Waals surface area contributed by atoms with Crippen LogP contribution < -0.4 is 11.1 Å². The second-order valence-corrected chi connectivity index (χ2v) is 4.37. The van der Waals surface area contributed by atoms with Crippen molar-refractivity contribution in [3.63, 3.8) is 0 Å². The zero-order valence-electron chi connectivity index (χ0n) is 9.53. The molecule has 1 rings (SSSR count). The first-order chi connectivity index (χ1) is 7.49. The molecule has 6 nitrogen and oxygen atoms in total. The summed E-state index contributed by atoms with van der Waals surface area (Å²) >= 11 is 0.